The minimum Gasteiger partial charge on any atom is -0.513 e. The highest BCUT2D eigenvalue weighted by atomic mass is 16.5. The third kappa shape index (κ3) is 2.26. The highest BCUT2D eigenvalue weighted by Crippen LogP contribution is 2.37. The van der Waals surface area contributed by atoms with Gasteiger partial charge in [-0.15, -0.1) is 0 Å². The van der Waals surface area contributed by atoms with Crippen LogP contribution in [0.15, 0.2) is 12.3 Å². The largest absolute Gasteiger partial charge is 0.513 e. The van der Waals surface area contributed by atoms with Gasteiger partial charge in [-0.3, -0.25) is 4.79 Å². The van der Waals surface area contributed by atoms with Crippen LogP contribution in [0.2, 0.25) is 0 Å². The third-order valence-electron chi connectivity index (χ3n) is 2.61. The Morgan fingerprint density at radius 2 is 2.14 bits per heavy atom. The molecule has 1 aliphatic heterocycles. The van der Waals surface area contributed by atoms with Crippen molar-refractivity contribution in [3.05, 3.63) is 12.3 Å². The number of carbonyl (C=O) groups is 1. The lowest BCUT2D eigenvalue weighted by molar-refractivity contribution is -0.159. The van der Waals surface area contributed by atoms with E-state index in [1.807, 2.05) is 0 Å². The van der Waals surface area contributed by atoms with Crippen molar-refractivity contribution in [1.29, 1.82) is 0 Å². The Labute approximate surface area is 83.5 Å². The molecule has 1 rings (SSSR count). The lowest BCUT2D eigenvalue weighted by Gasteiger charge is -2.33. The molecular weight excluding hydrogens is 184 g/mol. The molecule has 1 aliphatic rings. The highest BCUT2D eigenvalue weighted by molar-refractivity contribution is 5.77. The van der Waals surface area contributed by atoms with Gasteiger partial charge in [0.2, 0.25) is 0 Å². The molecule has 0 aromatic carbocycles. The maximum Gasteiger partial charge on any atom is 0.312 e. The fourth-order valence-corrected chi connectivity index (χ4v) is 1.82. The molecule has 0 atom stereocenters. The van der Waals surface area contributed by atoms with E-state index in [9.17, 15) is 9.90 Å². The molecule has 14 heavy (non-hydrogen) atoms. The van der Waals surface area contributed by atoms with Crippen molar-refractivity contribution in [2.24, 2.45) is 5.41 Å². The summed E-state index contributed by atoms with van der Waals surface area (Å²) in [6, 6.07) is 0. The summed E-state index contributed by atoms with van der Waals surface area (Å²) in [5.74, 6) is -0.256. The first-order valence-corrected chi connectivity index (χ1v) is 4.64. The minimum absolute atomic E-state index is 0.0253. The standard InChI is InChI=1S/C10H16O4/c1-8(11)7-10(9(12)13-2)3-5-14-6-4-10/h11H,1,3-7H2,2H3. The molecule has 0 aromatic heterocycles. The number of hydrogen-bond donors (Lipinski definition) is 1. The first kappa shape index (κ1) is 11.0. The van der Waals surface area contributed by atoms with Crippen molar-refractivity contribution in [1.82, 2.24) is 0 Å². The fraction of sp³-hybridized carbons (Fsp3) is 0.700. The van der Waals surface area contributed by atoms with Crippen LogP contribution in [0.5, 0.6) is 0 Å². The second kappa shape index (κ2) is 4.46. The first-order valence-electron chi connectivity index (χ1n) is 4.64. The van der Waals surface area contributed by atoms with Gasteiger partial charge in [0.15, 0.2) is 0 Å². The van der Waals surface area contributed by atoms with Crippen molar-refractivity contribution >= 4 is 5.97 Å². The Hall–Kier alpha value is -1.03. The van der Waals surface area contributed by atoms with Gasteiger partial charge in [-0.2, -0.15) is 0 Å². The zero-order valence-corrected chi connectivity index (χ0v) is 8.41. The number of ether oxygens (including phenoxy) is 2. The maximum atomic E-state index is 11.6. The summed E-state index contributed by atoms with van der Waals surface area (Å²) in [5.41, 5.74) is -0.626. The molecule has 0 bridgehead atoms. The predicted octanol–water partition coefficient (Wildman–Crippen LogP) is 1.42. The van der Waals surface area contributed by atoms with Crippen LogP contribution in [0, 0.1) is 5.41 Å². The van der Waals surface area contributed by atoms with Gasteiger partial charge >= 0.3 is 5.97 Å². The third-order valence-corrected chi connectivity index (χ3v) is 2.61. The molecule has 4 nitrogen and oxygen atoms in total. The van der Waals surface area contributed by atoms with Crippen LogP contribution in [0.3, 0.4) is 0 Å². The van der Waals surface area contributed by atoms with Gasteiger partial charge in [-0.25, -0.2) is 0 Å². The molecule has 1 heterocycles. The Morgan fingerprint density at radius 1 is 1.57 bits per heavy atom. The van der Waals surface area contributed by atoms with Crippen molar-refractivity contribution < 1.29 is 19.4 Å². The molecular formula is C10H16O4. The van der Waals surface area contributed by atoms with Crippen LogP contribution in [0.25, 0.3) is 0 Å². The van der Waals surface area contributed by atoms with Crippen LogP contribution in [0.4, 0.5) is 0 Å². The Bertz CT molecular complexity index is 228. The number of carbonyl (C=O) groups excluding carboxylic acids is 1. The van der Waals surface area contributed by atoms with Crippen molar-refractivity contribution in [3.8, 4) is 0 Å². The summed E-state index contributed by atoms with van der Waals surface area (Å²) < 4.78 is 9.93. The summed E-state index contributed by atoms with van der Waals surface area (Å²) in [4.78, 5) is 11.6. The number of aliphatic hydroxyl groups is 1. The fourth-order valence-electron chi connectivity index (χ4n) is 1.82. The molecule has 0 spiro atoms. The van der Waals surface area contributed by atoms with E-state index in [-0.39, 0.29) is 18.1 Å². The average molecular weight is 200 g/mol. The normalized spacial score (nSPS) is 20.1. The molecule has 0 radical (unpaired) electrons. The second-order valence-corrected chi connectivity index (χ2v) is 3.63. The number of allylic oxidation sites excluding steroid dienone is 1. The van der Waals surface area contributed by atoms with Crippen molar-refractivity contribution in [2.75, 3.05) is 20.3 Å². The second-order valence-electron chi connectivity index (χ2n) is 3.63. The Balaban J connectivity index is 2.76. The summed E-state index contributed by atoms with van der Waals surface area (Å²) in [6.07, 6.45) is 1.43. The van der Waals surface area contributed by atoms with E-state index in [0.717, 1.165) is 0 Å². The molecule has 0 aromatic rings. The number of esters is 1. The van der Waals surface area contributed by atoms with Gasteiger partial charge in [0.25, 0.3) is 0 Å². The van der Waals surface area contributed by atoms with E-state index in [1.54, 1.807) is 0 Å². The van der Waals surface area contributed by atoms with Gasteiger partial charge in [0, 0.05) is 19.6 Å². The summed E-state index contributed by atoms with van der Waals surface area (Å²) in [7, 11) is 1.36. The van der Waals surface area contributed by atoms with Crippen LogP contribution in [0.1, 0.15) is 19.3 Å². The molecule has 0 unspecified atom stereocenters. The van der Waals surface area contributed by atoms with Gasteiger partial charge in [-0.05, 0) is 12.8 Å². The quantitative estimate of drug-likeness (QED) is 0.553. The van der Waals surface area contributed by atoms with E-state index in [2.05, 4.69) is 6.58 Å². The minimum atomic E-state index is -0.626. The Kier molecular flexibility index (Phi) is 3.52. The summed E-state index contributed by atoms with van der Waals surface area (Å²) in [6.45, 7) is 4.48. The molecule has 80 valence electrons. The van der Waals surface area contributed by atoms with Crippen LogP contribution in [-0.4, -0.2) is 31.4 Å². The maximum absolute atomic E-state index is 11.6. The molecule has 0 aliphatic carbocycles. The van der Waals surface area contributed by atoms with E-state index in [1.165, 1.54) is 7.11 Å². The lowest BCUT2D eigenvalue weighted by atomic mass is 9.77. The topological polar surface area (TPSA) is 55.8 Å². The predicted molar refractivity (Wildman–Crippen MR) is 50.9 cm³/mol. The summed E-state index contributed by atoms with van der Waals surface area (Å²) in [5, 5.41) is 9.17. The zero-order chi connectivity index (χ0) is 10.6. The van der Waals surface area contributed by atoms with Gasteiger partial charge in [0.05, 0.1) is 18.3 Å². The van der Waals surface area contributed by atoms with E-state index >= 15 is 0 Å². The van der Waals surface area contributed by atoms with Crippen molar-refractivity contribution in [2.45, 2.75) is 19.3 Å². The molecule has 4 heteroatoms. The number of aliphatic hydroxyl groups excluding tert-OH is 1. The number of methoxy groups -OCH3 is 1. The van der Waals surface area contributed by atoms with Gasteiger partial charge < -0.3 is 14.6 Å². The monoisotopic (exact) mass is 200 g/mol. The van der Waals surface area contributed by atoms with Crippen molar-refractivity contribution in [3.63, 3.8) is 0 Å². The van der Waals surface area contributed by atoms with E-state index in [0.29, 0.717) is 26.1 Å². The van der Waals surface area contributed by atoms with Crippen LogP contribution in [-0.2, 0) is 14.3 Å². The lowest BCUT2D eigenvalue weighted by Crippen LogP contribution is -2.38. The molecule has 0 amide bonds. The molecule has 1 N–H and O–H groups in total. The average Bonchev–Trinajstić information content (AvgIpc) is 2.17. The number of hydrogen-bond acceptors (Lipinski definition) is 4. The SMILES string of the molecule is C=C(O)CC1(C(=O)OC)CCOCC1. The number of rotatable bonds is 3. The molecule has 1 fully saturated rings. The van der Waals surface area contributed by atoms with E-state index in [4.69, 9.17) is 9.47 Å². The zero-order valence-electron chi connectivity index (χ0n) is 8.41. The smallest absolute Gasteiger partial charge is 0.312 e. The molecule has 0 saturated carbocycles. The Morgan fingerprint density at radius 3 is 2.57 bits per heavy atom. The van der Waals surface area contributed by atoms with Gasteiger partial charge in [0.1, 0.15) is 0 Å². The van der Waals surface area contributed by atoms with Crippen LogP contribution >= 0.6 is 0 Å². The van der Waals surface area contributed by atoms with E-state index < -0.39 is 5.41 Å². The molecule has 1 saturated heterocycles. The van der Waals surface area contributed by atoms with Crippen LogP contribution < -0.4 is 0 Å². The first-order chi connectivity index (χ1) is 6.60. The van der Waals surface area contributed by atoms with Gasteiger partial charge in [-0.1, -0.05) is 6.58 Å². The highest BCUT2D eigenvalue weighted by Gasteiger charge is 2.41. The summed E-state index contributed by atoms with van der Waals surface area (Å²) >= 11 is 0.